The van der Waals surface area contributed by atoms with Crippen molar-refractivity contribution in [3.05, 3.63) is 24.0 Å². The predicted molar refractivity (Wildman–Crippen MR) is 81.6 cm³/mol. The smallest absolute Gasteiger partial charge is 0.255 e. The third-order valence-corrected chi connectivity index (χ3v) is 4.29. The number of carbonyl (C=O) groups is 1. The lowest BCUT2D eigenvalue weighted by Gasteiger charge is -2.32. The predicted octanol–water partition coefficient (Wildman–Crippen LogP) is 1.79. The first-order chi connectivity index (χ1) is 10.2. The van der Waals surface area contributed by atoms with E-state index in [9.17, 15) is 4.79 Å². The Morgan fingerprint density at radius 3 is 2.86 bits per heavy atom. The van der Waals surface area contributed by atoms with Crippen molar-refractivity contribution in [2.24, 2.45) is 5.92 Å². The molecule has 2 fully saturated rings. The van der Waals surface area contributed by atoms with Gasteiger partial charge in [-0.2, -0.15) is 0 Å². The van der Waals surface area contributed by atoms with Crippen LogP contribution in [0.5, 0.6) is 0 Å². The Balaban J connectivity index is 1.74. The second-order valence-corrected chi connectivity index (χ2v) is 6.03. The Morgan fingerprint density at radius 1 is 1.29 bits per heavy atom. The average Bonchev–Trinajstić information content (AvgIpc) is 2.55. The third kappa shape index (κ3) is 3.35. The molecule has 1 atom stereocenters. The second kappa shape index (κ2) is 6.43. The number of likely N-dealkylation sites (tertiary alicyclic amines) is 1. The molecule has 21 heavy (non-hydrogen) atoms. The van der Waals surface area contributed by atoms with Crippen LogP contribution in [0.1, 0.15) is 30.1 Å². The Hall–Kier alpha value is -1.62. The number of anilines is 1. The molecule has 3 rings (SSSR count). The van der Waals surface area contributed by atoms with E-state index < -0.39 is 0 Å². The van der Waals surface area contributed by atoms with Gasteiger partial charge in [-0.15, -0.1) is 0 Å². The highest BCUT2D eigenvalue weighted by Crippen LogP contribution is 2.20. The zero-order chi connectivity index (χ0) is 14.7. The maximum Gasteiger partial charge on any atom is 0.255 e. The van der Waals surface area contributed by atoms with Crippen molar-refractivity contribution in [3.8, 4) is 0 Å². The van der Waals surface area contributed by atoms with E-state index in [2.05, 4.69) is 16.8 Å². The van der Waals surface area contributed by atoms with Crippen molar-refractivity contribution >= 4 is 11.6 Å². The number of hydrogen-bond donors (Lipinski definition) is 0. The van der Waals surface area contributed by atoms with Crippen LogP contribution < -0.4 is 4.90 Å². The molecular weight excluding hydrogens is 266 g/mol. The molecule has 0 saturated carbocycles. The van der Waals surface area contributed by atoms with Gasteiger partial charge in [0.2, 0.25) is 0 Å². The quantitative estimate of drug-likeness (QED) is 0.833. The number of pyridine rings is 1. The van der Waals surface area contributed by atoms with Crippen LogP contribution in [0.4, 0.5) is 5.69 Å². The lowest BCUT2D eigenvalue weighted by Crippen LogP contribution is -2.39. The molecule has 1 aromatic rings. The van der Waals surface area contributed by atoms with Gasteiger partial charge in [-0.25, -0.2) is 0 Å². The Morgan fingerprint density at radius 2 is 2.10 bits per heavy atom. The van der Waals surface area contributed by atoms with E-state index >= 15 is 0 Å². The number of rotatable bonds is 2. The number of amides is 1. The fourth-order valence-electron chi connectivity index (χ4n) is 3.10. The highest BCUT2D eigenvalue weighted by molar-refractivity contribution is 5.94. The number of piperidine rings is 1. The molecule has 2 aliphatic rings. The van der Waals surface area contributed by atoms with Gasteiger partial charge < -0.3 is 14.5 Å². The standard InChI is InChI=1S/C16H23N3O2/c1-13-3-2-4-19(12-13)16(20)14-9-15(11-17-10-14)18-5-7-21-8-6-18/h9-11,13H,2-8,12H2,1H3. The van der Waals surface area contributed by atoms with E-state index in [0.717, 1.165) is 51.5 Å². The average molecular weight is 289 g/mol. The van der Waals surface area contributed by atoms with Gasteiger partial charge in [0.05, 0.1) is 30.7 Å². The molecule has 0 aliphatic carbocycles. The first kappa shape index (κ1) is 14.3. The van der Waals surface area contributed by atoms with Crippen LogP contribution in [0.2, 0.25) is 0 Å². The minimum atomic E-state index is 0.115. The highest BCUT2D eigenvalue weighted by Gasteiger charge is 2.23. The molecule has 1 amide bonds. The van der Waals surface area contributed by atoms with E-state index in [1.165, 1.54) is 6.42 Å². The first-order valence-corrected chi connectivity index (χ1v) is 7.81. The Labute approximate surface area is 125 Å². The van der Waals surface area contributed by atoms with E-state index in [0.29, 0.717) is 11.5 Å². The number of hydrogen-bond acceptors (Lipinski definition) is 4. The van der Waals surface area contributed by atoms with Crippen molar-refractivity contribution < 1.29 is 9.53 Å². The molecule has 2 saturated heterocycles. The summed E-state index contributed by atoms with van der Waals surface area (Å²) in [5.41, 5.74) is 1.72. The van der Waals surface area contributed by atoms with Crippen LogP contribution in [-0.4, -0.2) is 55.2 Å². The van der Waals surface area contributed by atoms with Crippen LogP contribution in [0.15, 0.2) is 18.5 Å². The highest BCUT2D eigenvalue weighted by atomic mass is 16.5. The monoisotopic (exact) mass is 289 g/mol. The molecule has 0 radical (unpaired) electrons. The van der Waals surface area contributed by atoms with E-state index in [-0.39, 0.29) is 5.91 Å². The summed E-state index contributed by atoms with van der Waals surface area (Å²) in [7, 11) is 0. The summed E-state index contributed by atoms with van der Waals surface area (Å²) in [6.45, 7) is 7.14. The summed E-state index contributed by atoms with van der Waals surface area (Å²) >= 11 is 0. The fourth-order valence-corrected chi connectivity index (χ4v) is 3.10. The molecule has 3 heterocycles. The van der Waals surface area contributed by atoms with Gasteiger partial charge >= 0.3 is 0 Å². The lowest BCUT2D eigenvalue weighted by atomic mass is 10.00. The van der Waals surface area contributed by atoms with Crippen molar-refractivity contribution in [1.82, 2.24) is 9.88 Å². The molecule has 0 aromatic carbocycles. The van der Waals surface area contributed by atoms with Crippen molar-refractivity contribution in [3.63, 3.8) is 0 Å². The van der Waals surface area contributed by atoms with E-state index in [1.807, 2.05) is 17.2 Å². The van der Waals surface area contributed by atoms with Crippen LogP contribution in [-0.2, 0) is 4.74 Å². The van der Waals surface area contributed by atoms with Gasteiger partial charge in [0.15, 0.2) is 0 Å². The maximum absolute atomic E-state index is 12.6. The molecule has 1 unspecified atom stereocenters. The summed E-state index contributed by atoms with van der Waals surface area (Å²) < 4.78 is 5.37. The summed E-state index contributed by atoms with van der Waals surface area (Å²) in [5, 5.41) is 0. The van der Waals surface area contributed by atoms with Gasteiger partial charge in [0, 0.05) is 32.4 Å². The number of ether oxygens (including phenoxy) is 1. The molecule has 114 valence electrons. The van der Waals surface area contributed by atoms with Crippen molar-refractivity contribution in [2.45, 2.75) is 19.8 Å². The van der Waals surface area contributed by atoms with E-state index in [1.54, 1.807) is 6.20 Å². The van der Waals surface area contributed by atoms with Gasteiger partial charge in [0.1, 0.15) is 0 Å². The zero-order valence-electron chi connectivity index (χ0n) is 12.6. The molecule has 0 N–H and O–H groups in total. The topological polar surface area (TPSA) is 45.7 Å². The molecule has 0 spiro atoms. The number of morpholine rings is 1. The first-order valence-electron chi connectivity index (χ1n) is 7.81. The third-order valence-electron chi connectivity index (χ3n) is 4.29. The van der Waals surface area contributed by atoms with Gasteiger partial charge in [0.25, 0.3) is 5.91 Å². The van der Waals surface area contributed by atoms with Crippen molar-refractivity contribution in [2.75, 3.05) is 44.3 Å². The summed E-state index contributed by atoms with van der Waals surface area (Å²) in [6, 6.07) is 1.97. The summed E-state index contributed by atoms with van der Waals surface area (Å²) in [5.74, 6) is 0.710. The summed E-state index contributed by atoms with van der Waals surface area (Å²) in [6.07, 6.45) is 5.84. The van der Waals surface area contributed by atoms with Crippen LogP contribution >= 0.6 is 0 Å². The van der Waals surface area contributed by atoms with Crippen LogP contribution in [0, 0.1) is 5.92 Å². The van der Waals surface area contributed by atoms with Gasteiger partial charge in [-0.05, 0) is 24.8 Å². The Bertz CT molecular complexity index is 500. The van der Waals surface area contributed by atoms with Gasteiger partial charge in [-0.3, -0.25) is 9.78 Å². The van der Waals surface area contributed by atoms with Crippen LogP contribution in [0.25, 0.3) is 0 Å². The number of carbonyl (C=O) groups excluding carboxylic acids is 1. The second-order valence-electron chi connectivity index (χ2n) is 6.03. The summed E-state index contributed by atoms with van der Waals surface area (Å²) in [4.78, 5) is 21.1. The maximum atomic E-state index is 12.6. The minimum Gasteiger partial charge on any atom is -0.378 e. The molecule has 0 bridgehead atoms. The molecule has 2 aliphatic heterocycles. The number of nitrogens with zero attached hydrogens (tertiary/aromatic N) is 3. The largest absolute Gasteiger partial charge is 0.378 e. The molecular formula is C16H23N3O2. The lowest BCUT2D eigenvalue weighted by molar-refractivity contribution is 0.0682. The van der Waals surface area contributed by atoms with E-state index in [4.69, 9.17) is 4.74 Å². The minimum absolute atomic E-state index is 0.115. The SMILES string of the molecule is CC1CCCN(C(=O)c2cncc(N3CCOCC3)c2)C1. The molecule has 5 heteroatoms. The van der Waals surface area contributed by atoms with Crippen molar-refractivity contribution in [1.29, 1.82) is 0 Å². The van der Waals surface area contributed by atoms with Crippen LogP contribution in [0.3, 0.4) is 0 Å². The molecule has 1 aromatic heterocycles. The zero-order valence-corrected chi connectivity index (χ0v) is 12.6. The molecule has 5 nitrogen and oxygen atoms in total. The normalized spacial score (nSPS) is 23.2. The fraction of sp³-hybridized carbons (Fsp3) is 0.625. The Kier molecular flexibility index (Phi) is 4.39. The van der Waals surface area contributed by atoms with Gasteiger partial charge in [-0.1, -0.05) is 6.92 Å². The number of aromatic nitrogens is 1.